The molecule has 0 amide bonds. The van der Waals surface area contributed by atoms with E-state index in [0.29, 0.717) is 10.7 Å². The predicted octanol–water partition coefficient (Wildman–Crippen LogP) is 4.73. The summed E-state index contributed by atoms with van der Waals surface area (Å²) in [7, 11) is 0. The van der Waals surface area contributed by atoms with E-state index in [2.05, 4.69) is 4.98 Å². The Labute approximate surface area is 107 Å². The molecule has 0 aliphatic rings. The van der Waals surface area contributed by atoms with Crippen molar-refractivity contribution in [1.29, 1.82) is 0 Å². The van der Waals surface area contributed by atoms with Crippen LogP contribution >= 0.6 is 11.6 Å². The summed E-state index contributed by atoms with van der Waals surface area (Å²) in [5.41, 5.74) is 1.33. The fourth-order valence-electron chi connectivity index (χ4n) is 1.54. The lowest BCUT2D eigenvalue weighted by Crippen LogP contribution is -2.05. The maximum Gasteiger partial charge on any atom is 0.417 e. The van der Waals surface area contributed by atoms with Crippen LogP contribution in [0.5, 0.6) is 0 Å². The molecule has 0 atom stereocenters. The van der Waals surface area contributed by atoms with E-state index in [-0.39, 0.29) is 0 Å². The number of hydrogen-bond donors (Lipinski definition) is 0. The summed E-state index contributed by atoms with van der Waals surface area (Å²) in [6, 6.07) is 7.59. The summed E-state index contributed by atoms with van der Waals surface area (Å²) in [6.45, 7) is 1.83. The summed E-state index contributed by atoms with van der Waals surface area (Å²) in [4.78, 5) is 3.82. The largest absolute Gasteiger partial charge is 0.417 e. The van der Waals surface area contributed by atoms with Gasteiger partial charge in [-0.05, 0) is 36.8 Å². The smallest absolute Gasteiger partial charge is 0.256 e. The Morgan fingerprint density at radius 1 is 1.11 bits per heavy atom. The molecule has 1 aromatic carbocycles. The number of nitrogens with zero attached hydrogens (tertiary/aromatic N) is 1. The van der Waals surface area contributed by atoms with Gasteiger partial charge in [-0.25, -0.2) is 0 Å². The fraction of sp³-hybridized carbons (Fsp3) is 0.154. The van der Waals surface area contributed by atoms with E-state index in [0.717, 1.165) is 23.4 Å². The Morgan fingerprint density at radius 3 is 2.33 bits per heavy atom. The van der Waals surface area contributed by atoms with Crippen molar-refractivity contribution < 1.29 is 13.2 Å². The molecule has 1 nitrogen and oxygen atoms in total. The Balaban J connectivity index is 2.37. The Bertz CT molecular complexity index is 561. The minimum Gasteiger partial charge on any atom is -0.256 e. The van der Waals surface area contributed by atoms with Gasteiger partial charge in [0, 0.05) is 16.8 Å². The summed E-state index contributed by atoms with van der Waals surface area (Å²) in [5, 5.41) is 0.616. The number of pyridine rings is 1. The molecule has 1 aromatic heterocycles. The Hall–Kier alpha value is -1.55. The molecular weight excluding hydrogens is 263 g/mol. The van der Waals surface area contributed by atoms with Crippen LogP contribution in [0.25, 0.3) is 11.3 Å². The van der Waals surface area contributed by atoms with Crippen LogP contribution < -0.4 is 0 Å². The minimum absolute atomic E-state index is 0.489. The van der Waals surface area contributed by atoms with E-state index >= 15 is 0 Å². The summed E-state index contributed by atoms with van der Waals surface area (Å²) < 4.78 is 37.1. The molecule has 5 heteroatoms. The quantitative estimate of drug-likeness (QED) is 0.731. The molecule has 0 N–H and O–H groups in total. The van der Waals surface area contributed by atoms with Gasteiger partial charge in [0.25, 0.3) is 0 Å². The molecule has 0 radical (unpaired) electrons. The van der Waals surface area contributed by atoms with E-state index in [4.69, 9.17) is 11.6 Å². The average Bonchev–Trinajstić information content (AvgIpc) is 2.32. The highest BCUT2D eigenvalue weighted by Gasteiger charge is 2.30. The van der Waals surface area contributed by atoms with Crippen LogP contribution in [0.15, 0.2) is 36.5 Å². The molecule has 0 spiro atoms. The van der Waals surface area contributed by atoms with Crippen molar-refractivity contribution in [3.05, 3.63) is 52.7 Å². The van der Waals surface area contributed by atoms with Gasteiger partial charge in [-0.1, -0.05) is 17.7 Å². The molecule has 0 saturated carbocycles. The maximum atomic E-state index is 12.4. The molecule has 0 fully saturated rings. The number of hydrogen-bond acceptors (Lipinski definition) is 1. The first-order chi connectivity index (χ1) is 8.38. The molecule has 0 aliphatic carbocycles. The zero-order valence-corrected chi connectivity index (χ0v) is 10.2. The number of aryl methyl sites for hydroxylation is 1. The van der Waals surface area contributed by atoms with Crippen LogP contribution in [0.1, 0.15) is 11.1 Å². The monoisotopic (exact) mass is 271 g/mol. The zero-order valence-electron chi connectivity index (χ0n) is 9.42. The number of benzene rings is 1. The van der Waals surface area contributed by atoms with E-state index in [1.807, 2.05) is 6.92 Å². The van der Waals surface area contributed by atoms with Crippen LogP contribution in [-0.4, -0.2) is 4.98 Å². The highest BCUT2D eigenvalue weighted by atomic mass is 35.5. The molecule has 2 aromatic rings. The molecule has 2 rings (SSSR count). The highest BCUT2D eigenvalue weighted by molar-refractivity contribution is 6.31. The first-order valence-electron chi connectivity index (χ1n) is 5.18. The second kappa shape index (κ2) is 4.61. The van der Waals surface area contributed by atoms with Crippen molar-refractivity contribution in [2.45, 2.75) is 13.1 Å². The van der Waals surface area contributed by atoms with Gasteiger partial charge in [0.15, 0.2) is 0 Å². The van der Waals surface area contributed by atoms with Crippen LogP contribution in [0.3, 0.4) is 0 Å². The van der Waals surface area contributed by atoms with Crippen molar-refractivity contribution in [2.75, 3.05) is 0 Å². The molecular formula is C13H9ClF3N. The lowest BCUT2D eigenvalue weighted by atomic mass is 10.1. The molecule has 94 valence electrons. The molecule has 0 bridgehead atoms. The van der Waals surface area contributed by atoms with Gasteiger partial charge in [0.05, 0.1) is 11.3 Å². The molecule has 18 heavy (non-hydrogen) atoms. The third kappa shape index (κ3) is 2.64. The zero-order chi connectivity index (χ0) is 13.3. The van der Waals surface area contributed by atoms with Crippen LogP contribution in [-0.2, 0) is 6.18 Å². The van der Waals surface area contributed by atoms with Gasteiger partial charge >= 0.3 is 6.18 Å². The lowest BCUT2D eigenvalue weighted by molar-refractivity contribution is -0.137. The third-order valence-electron chi connectivity index (χ3n) is 2.54. The highest BCUT2D eigenvalue weighted by Crippen LogP contribution is 2.30. The number of alkyl halides is 3. The lowest BCUT2D eigenvalue weighted by Gasteiger charge is -2.07. The first kappa shape index (κ1) is 12.9. The summed E-state index contributed by atoms with van der Waals surface area (Å²) >= 11 is 5.88. The van der Waals surface area contributed by atoms with Crippen molar-refractivity contribution >= 4 is 11.6 Å². The summed E-state index contributed by atoms with van der Waals surface area (Å²) in [6.07, 6.45) is -3.53. The van der Waals surface area contributed by atoms with Crippen molar-refractivity contribution in [2.24, 2.45) is 0 Å². The second-order valence-electron chi connectivity index (χ2n) is 3.89. The molecule has 0 saturated heterocycles. The fourth-order valence-corrected chi connectivity index (χ4v) is 1.65. The van der Waals surface area contributed by atoms with Crippen molar-refractivity contribution in [1.82, 2.24) is 4.98 Å². The van der Waals surface area contributed by atoms with Gasteiger partial charge < -0.3 is 0 Å². The number of rotatable bonds is 1. The van der Waals surface area contributed by atoms with Gasteiger partial charge in [-0.15, -0.1) is 0 Å². The molecule has 0 unspecified atom stereocenters. The van der Waals surface area contributed by atoms with Crippen LogP contribution in [0.2, 0.25) is 5.02 Å². The predicted molar refractivity (Wildman–Crippen MR) is 64.4 cm³/mol. The Kier molecular flexibility index (Phi) is 3.30. The molecule has 0 aliphatic heterocycles. The average molecular weight is 272 g/mol. The topological polar surface area (TPSA) is 12.9 Å². The van der Waals surface area contributed by atoms with Gasteiger partial charge in [0.1, 0.15) is 0 Å². The normalized spacial score (nSPS) is 11.6. The molecule has 1 heterocycles. The van der Waals surface area contributed by atoms with E-state index in [1.165, 1.54) is 6.07 Å². The van der Waals surface area contributed by atoms with Crippen molar-refractivity contribution in [3.8, 4) is 11.3 Å². The van der Waals surface area contributed by atoms with Crippen LogP contribution in [0.4, 0.5) is 13.2 Å². The van der Waals surface area contributed by atoms with Crippen LogP contribution in [0, 0.1) is 6.92 Å². The minimum atomic E-state index is -4.36. The third-order valence-corrected chi connectivity index (χ3v) is 2.97. The Morgan fingerprint density at radius 2 is 1.83 bits per heavy atom. The summed E-state index contributed by atoms with van der Waals surface area (Å²) in [5.74, 6) is 0. The number of halogens is 4. The standard InChI is InChI=1S/C13H9ClF3N/c1-8-6-9(2-4-11(8)14)12-5-3-10(7-18-12)13(15,16)17/h2-7H,1H3. The van der Waals surface area contributed by atoms with Gasteiger partial charge in [0.2, 0.25) is 0 Å². The SMILES string of the molecule is Cc1cc(-c2ccc(C(F)(F)F)cn2)ccc1Cl. The van der Waals surface area contributed by atoms with Crippen molar-refractivity contribution in [3.63, 3.8) is 0 Å². The van der Waals surface area contributed by atoms with Gasteiger partial charge in [-0.2, -0.15) is 13.2 Å². The second-order valence-corrected chi connectivity index (χ2v) is 4.30. The van der Waals surface area contributed by atoms with Gasteiger partial charge in [-0.3, -0.25) is 4.98 Å². The maximum absolute atomic E-state index is 12.4. The van der Waals surface area contributed by atoms with E-state index < -0.39 is 11.7 Å². The number of aromatic nitrogens is 1. The van der Waals surface area contributed by atoms with E-state index in [9.17, 15) is 13.2 Å². The van der Waals surface area contributed by atoms with E-state index in [1.54, 1.807) is 18.2 Å². The first-order valence-corrected chi connectivity index (χ1v) is 5.55.